The van der Waals surface area contributed by atoms with E-state index in [2.05, 4.69) is 27.8 Å². The molecule has 0 bridgehead atoms. The van der Waals surface area contributed by atoms with Crippen LogP contribution in [0, 0.1) is 0 Å². The van der Waals surface area contributed by atoms with Crippen LogP contribution in [-0.4, -0.2) is 45.4 Å². The second-order valence-corrected chi connectivity index (χ2v) is 6.82. The minimum absolute atomic E-state index is 0.0898. The highest BCUT2D eigenvalue weighted by atomic mass is 16.2. The van der Waals surface area contributed by atoms with Crippen molar-refractivity contribution in [3.05, 3.63) is 83.7 Å². The summed E-state index contributed by atoms with van der Waals surface area (Å²) >= 11 is 0. The molecule has 1 unspecified atom stereocenters. The van der Waals surface area contributed by atoms with Crippen LogP contribution in [0.1, 0.15) is 33.9 Å². The fourth-order valence-corrected chi connectivity index (χ4v) is 3.45. The number of carbonyl (C=O) groups excluding carboxylic acids is 1. The number of benzene rings is 2. The molecule has 0 spiro atoms. The normalized spacial score (nSPS) is 17.5. The predicted octanol–water partition coefficient (Wildman–Crippen LogP) is 2.50. The summed E-state index contributed by atoms with van der Waals surface area (Å²) in [5.41, 5.74) is 3.04. The number of amides is 1. The van der Waals surface area contributed by atoms with E-state index >= 15 is 0 Å². The zero-order chi connectivity index (χ0) is 18.5. The average Bonchev–Trinajstić information content (AvgIpc) is 3.10. The number of nitrogens with zero attached hydrogens (tertiary/aromatic N) is 4. The third-order valence-electron chi connectivity index (χ3n) is 4.91. The van der Waals surface area contributed by atoms with Gasteiger partial charge >= 0.3 is 0 Å². The smallest absolute Gasteiger partial charge is 0.253 e. The Balaban J connectivity index is 1.46. The minimum atomic E-state index is 0.0898. The summed E-state index contributed by atoms with van der Waals surface area (Å²) < 4.78 is 1.77. The number of rotatable bonds is 4. The fraction of sp³-hybridized carbons (Fsp3) is 0.286. The molecule has 1 amide bonds. The molecule has 1 fully saturated rings. The van der Waals surface area contributed by atoms with E-state index in [4.69, 9.17) is 0 Å². The lowest BCUT2D eigenvalue weighted by atomic mass is 10.1. The summed E-state index contributed by atoms with van der Waals surface area (Å²) in [5.74, 6) is 0.0898. The van der Waals surface area contributed by atoms with E-state index in [1.54, 1.807) is 10.9 Å². The monoisotopic (exact) mass is 361 g/mol. The van der Waals surface area contributed by atoms with E-state index in [1.807, 2.05) is 53.6 Å². The molecule has 1 saturated heterocycles. The summed E-state index contributed by atoms with van der Waals surface area (Å²) in [6, 6.07) is 18.3. The zero-order valence-electron chi connectivity index (χ0n) is 15.2. The van der Waals surface area contributed by atoms with Crippen LogP contribution < -0.4 is 5.32 Å². The molecule has 2 heterocycles. The lowest BCUT2D eigenvalue weighted by molar-refractivity contribution is 0.0753. The first-order valence-electron chi connectivity index (χ1n) is 9.30. The van der Waals surface area contributed by atoms with Crippen LogP contribution in [0.15, 0.2) is 67.0 Å². The summed E-state index contributed by atoms with van der Waals surface area (Å²) in [5, 5.41) is 11.3. The van der Waals surface area contributed by atoms with Crippen molar-refractivity contribution >= 4 is 5.91 Å². The molecular formula is C21H23N5O. The number of aromatic nitrogens is 3. The molecule has 1 atom stereocenters. The van der Waals surface area contributed by atoms with Crippen molar-refractivity contribution in [3.63, 3.8) is 0 Å². The molecule has 1 aromatic heterocycles. The molecule has 27 heavy (non-hydrogen) atoms. The van der Waals surface area contributed by atoms with Crippen molar-refractivity contribution in [1.82, 2.24) is 25.2 Å². The van der Waals surface area contributed by atoms with Crippen LogP contribution in [0.3, 0.4) is 0 Å². The lowest BCUT2D eigenvalue weighted by Crippen LogP contribution is -2.36. The standard InChI is InChI=1S/C21H23N5O/c27-21(19-9-7-17(8-10-19)15-26-14-12-23-24-26)25-13-4-11-22-20(16-25)18-5-2-1-3-6-18/h1-3,5-10,12,14,20,22H,4,11,13,15-16H2. The fourth-order valence-electron chi connectivity index (χ4n) is 3.45. The summed E-state index contributed by atoms with van der Waals surface area (Å²) in [4.78, 5) is 15.0. The molecule has 0 saturated carbocycles. The molecule has 6 heteroatoms. The van der Waals surface area contributed by atoms with Gasteiger partial charge < -0.3 is 10.2 Å². The van der Waals surface area contributed by atoms with Gasteiger partial charge in [-0.25, -0.2) is 4.68 Å². The van der Waals surface area contributed by atoms with Crippen molar-refractivity contribution in [3.8, 4) is 0 Å². The second-order valence-electron chi connectivity index (χ2n) is 6.82. The van der Waals surface area contributed by atoms with Gasteiger partial charge in [0.05, 0.1) is 12.7 Å². The van der Waals surface area contributed by atoms with Gasteiger partial charge in [0.15, 0.2) is 0 Å². The molecule has 6 nitrogen and oxygen atoms in total. The van der Waals surface area contributed by atoms with Crippen LogP contribution in [0.2, 0.25) is 0 Å². The molecule has 1 aliphatic rings. The van der Waals surface area contributed by atoms with Gasteiger partial charge in [0.1, 0.15) is 0 Å². The van der Waals surface area contributed by atoms with Crippen LogP contribution in [0.5, 0.6) is 0 Å². The minimum Gasteiger partial charge on any atom is -0.337 e. The molecular weight excluding hydrogens is 338 g/mol. The van der Waals surface area contributed by atoms with Gasteiger partial charge in [-0.15, -0.1) is 5.10 Å². The van der Waals surface area contributed by atoms with Crippen LogP contribution >= 0.6 is 0 Å². The van der Waals surface area contributed by atoms with E-state index in [-0.39, 0.29) is 11.9 Å². The van der Waals surface area contributed by atoms with Gasteiger partial charge in [-0.2, -0.15) is 0 Å². The van der Waals surface area contributed by atoms with Gasteiger partial charge in [-0.05, 0) is 36.2 Å². The Kier molecular flexibility index (Phi) is 5.25. The van der Waals surface area contributed by atoms with Crippen molar-refractivity contribution in [2.45, 2.75) is 19.0 Å². The van der Waals surface area contributed by atoms with Gasteiger partial charge in [-0.1, -0.05) is 47.7 Å². The van der Waals surface area contributed by atoms with Crippen molar-refractivity contribution < 1.29 is 4.79 Å². The number of nitrogens with one attached hydrogen (secondary N) is 1. The highest BCUT2D eigenvalue weighted by Gasteiger charge is 2.23. The predicted molar refractivity (Wildman–Crippen MR) is 103 cm³/mol. The maximum atomic E-state index is 13.0. The average molecular weight is 361 g/mol. The quantitative estimate of drug-likeness (QED) is 0.776. The van der Waals surface area contributed by atoms with E-state index in [9.17, 15) is 4.79 Å². The van der Waals surface area contributed by atoms with Crippen LogP contribution in [-0.2, 0) is 6.54 Å². The first-order valence-corrected chi connectivity index (χ1v) is 9.30. The Bertz CT molecular complexity index is 861. The molecule has 1 aliphatic heterocycles. The Morgan fingerprint density at radius 3 is 2.67 bits per heavy atom. The second kappa shape index (κ2) is 8.14. The van der Waals surface area contributed by atoms with E-state index in [0.717, 1.165) is 30.6 Å². The SMILES string of the molecule is O=C(c1ccc(Cn2ccnn2)cc1)N1CCCNC(c2ccccc2)C1. The summed E-state index contributed by atoms with van der Waals surface area (Å²) in [6.45, 7) is 3.03. The third kappa shape index (κ3) is 4.23. The maximum Gasteiger partial charge on any atom is 0.253 e. The maximum absolute atomic E-state index is 13.0. The molecule has 4 rings (SSSR count). The largest absolute Gasteiger partial charge is 0.337 e. The first-order chi connectivity index (χ1) is 13.3. The third-order valence-corrected chi connectivity index (χ3v) is 4.91. The first kappa shape index (κ1) is 17.4. The Morgan fingerprint density at radius 2 is 1.93 bits per heavy atom. The molecule has 1 N–H and O–H groups in total. The lowest BCUT2D eigenvalue weighted by Gasteiger charge is -2.25. The Morgan fingerprint density at radius 1 is 1.11 bits per heavy atom. The van der Waals surface area contributed by atoms with Gasteiger partial charge in [-0.3, -0.25) is 4.79 Å². The van der Waals surface area contributed by atoms with Crippen molar-refractivity contribution in [2.75, 3.05) is 19.6 Å². The van der Waals surface area contributed by atoms with Gasteiger partial charge in [0, 0.05) is 30.9 Å². The molecule has 2 aromatic carbocycles. The number of hydrogen-bond donors (Lipinski definition) is 1. The van der Waals surface area contributed by atoms with Crippen LogP contribution in [0.4, 0.5) is 0 Å². The van der Waals surface area contributed by atoms with E-state index in [0.29, 0.717) is 13.1 Å². The topological polar surface area (TPSA) is 63.1 Å². The highest BCUT2D eigenvalue weighted by molar-refractivity contribution is 5.94. The highest BCUT2D eigenvalue weighted by Crippen LogP contribution is 2.19. The van der Waals surface area contributed by atoms with E-state index < -0.39 is 0 Å². The summed E-state index contributed by atoms with van der Waals surface area (Å²) in [7, 11) is 0. The molecule has 3 aromatic rings. The number of carbonyl (C=O) groups is 1. The van der Waals surface area contributed by atoms with Crippen LogP contribution in [0.25, 0.3) is 0 Å². The van der Waals surface area contributed by atoms with Gasteiger partial charge in [0.25, 0.3) is 5.91 Å². The molecule has 0 radical (unpaired) electrons. The Hall–Kier alpha value is -2.99. The molecule has 138 valence electrons. The van der Waals surface area contributed by atoms with Crippen molar-refractivity contribution in [1.29, 1.82) is 0 Å². The number of hydrogen-bond acceptors (Lipinski definition) is 4. The summed E-state index contributed by atoms with van der Waals surface area (Å²) in [6.07, 6.45) is 4.45. The zero-order valence-corrected chi connectivity index (χ0v) is 15.2. The van der Waals surface area contributed by atoms with E-state index in [1.165, 1.54) is 5.56 Å². The van der Waals surface area contributed by atoms with Gasteiger partial charge in [0.2, 0.25) is 0 Å². The Labute approximate surface area is 158 Å². The molecule has 0 aliphatic carbocycles. The van der Waals surface area contributed by atoms with Crippen molar-refractivity contribution in [2.24, 2.45) is 0 Å².